The zero-order valence-electron chi connectivity index (χ0n) is 11.9. The van der Waals surface area contributed by atoms with Crippen molar-refractivity contribution in [3.8, 4) is 0 Å². The monoisotopic (exact) mass is 278 g/mol. The van der Waals surface area contributed by atoms with Crippen LogP contribution in [0.1, 0.15) is 25.8 Å². The van der Waals surface area contributed by atoms with Gasteiger partial charge >= 0.3 is 5.97 Å². The molecule has 5 heteroatoms. The van der Waals surface area contributed by atoms with E-state index in [-0.39, 0.29) is 24.2 Å². The molecule has 1 unspecified atom stereocenters. The summed E-state index contributed by atoms with van der Waals surface area (Å²) in [7, 11) is 0. The van der Waals surface area contributed by atoms with Gasteiger partial charge in [0, 0.05) is 18.7 Å². The van der Waals surface area contributed by atoms with E-state index in [1.807, 2.05) is 26.0 Å². The Hall–Kier alpha value is -1.88. The number of benzene rings is 1. The van der Waals surface area contributed by atoms with Crippen molar-refractivity contribution in [2.24, 2.45) is 17.6 Å². The number of hydrogen-bond acceptors (Lipinski definition) is 3. The number of aliphatic carboxylic acids is 1. The lowest BCUT2D eigenvalue weighted by molar-refractivity contribution is -0.137. The molecular formula is C15H22N2O3. The van der Waals surface area contributed by atoms with Gasteiger partial charge in [0.1, 0.15) is 0 Å². The summed E-state index contributed by atoms with van der Waals surface area (Å²) in [4.78, 5) is 22.5. The van der Waals surface area contributed by atoms with Crippen LogP contribution < -0.4 is 11.1 Å². The third-order valence-corrected chi connectivity index (χ3v) is 3.24. The molecule has 0 saturated heterocycles. The highest BCUT2D eigenvalue weighted by Crippen LogP contribution is 2.15. The van der Waals surface area contributed by atoms with Crippen LogP contribution in [0.5, 0.6) is 0 Å². The van der Waals surface area contributed by atoms with Crippen LogP contribution in [-0.2, 0) is 16.0 Å². The number of amides is 1. The van der Waals surface area contributed by atoms with E-state index in [9.17, 15) is 9.59 Å². The van der Waals surface area contributed by atoms with E-state index in [2.05, 4.69) is 5.32 Å². The quantitative estimate of drug-likeness (QED) is 0.710. The number of hydrogen-bond donors (Lipinski definition) is 3. The molecule has 20 heavy (non-hydrogen) atoms. The molecule has 1 rings (SSSR count). The van der Waals surface area contributed by atoms with E-state index in [0.717, 1.165) is 5.56 Å². The number of carboxylic acid groups (broad SMARTS) is 1. The number of aryl methyl sites for hydroxylation is 1. The first-order valence-corrected chi connectivity index (χ1v) is 6.75. The topological polar surface area (TPSA) is 92.4 Å². The Morgan fingerprint density at radius 2 is 1.85 bits per heavy atom. The molecule has 0 saturated carbocycles. The zero-order valence-corrected chi connectivity index (χ0v) is 11.9. The molecule has 0 bridgehead atoms. The van der Waals surface area contributed by atoms with Gasteiger partial charge in [0.05, 0.1) is 5.92 Å². The highest BCUT2D eigenvalue weighted by molar-refractivity contribution is 5.92. The molecule has 4 N–H and O–H groups in total. The van der Waals surface area contributed by atoms with Crippen LogP contribution in [0.25, 0.3) is 0 Å². The number of nitrogens with one attached hydrogen (secondary N) is 1. The minimum atomic E-state index is -0.815. The molecule has 0 aliphatic rings. The second kappa shape index (κ2) is 7.65. The lowest BCUT2D eigenvalue weighted by Gasteiger charge is -2.18. The van der Waals surface area contributed by atoms with Crippen LogP contribution in [0.3, 0.4) is 0 Å². The smallest absolute Gasteiger partial charge is 0.303 e. The van der Waals surface area contributed by atoms with E-state index >= 15 is 0 Å². The van der Waals surface area contributed by atoms with Gasteiger partial charge in [-0.3, -0.25) is 9.59 Å². The Balaban J connectivity index is 2.60. The first-order valence-electron chi connectivity index (χ1n) is 6.75. The summed E-state index contributed by atoms with van der Waals surface area (Å²) < 4.78 is 0. The molecule has 1 aromatic rings. The maximum Gasteiger partial charge on any atom is 0.303 e. The molecule has 0 fully saturated rings. The van der Waals surface area contributed by atoms with Gasteiger partial charge in [-0.2, -0.15) is 0 Å². The van der Waals surface area contributed by atoms with E-state index < -0.39 is 5.97 Å². The van der Waals surface area contributed by atoms with Gasteiger partial charge in [-0.1, -0.05) is 26.0 Å². The predicted octanol–water partition coefficient (Wildman–Crippen LogP) is 1.87. The largest absolute Gasteiger partial charge is 0.481 e. The molecule has 0 radical (unpaired) electrons. The normalized spacial score (nSPS) is 12.2. The van der Waals surface area contributed by atoms with Crippen molar-refractivity contribution in [2.45, 2.75) is 26.7 Å². The van der Waals surface area contributed by atoms with Crippen LogP contribution in [0.15, 0.2) is 24.3 Å². The number of carbonyl (C=O) groups is 2. The molecule has 1 atom stereocenters. The second-order valence-electron chi connectivity index (χ2n) is 5.17. The third-order valence-electron chi connectivity index (χ3n) is 3.24. The Kier molecular flexibility index (Phi) is 6.18. The number of nitrogens with two attached hydrogens (primary N) is 1. The van der Waals surface area contributed by atoms with Gasteiger partial charge < -0.3 is 16.2 Å². The lowest BCUT2D eigenvalue weighted by Crippen LogP contribution is -2.33. The van der Waals surface area contributed by atoms with Crippen LogP contribution in [0.4, 0.5) is 5.69 Å². The van der Waals surface area contributed by atoms with Crippen LogP contribution >= 0.6 is 0 Å². The first kappa shape index (κ1) is 16.2. The van der Waals surface area contributed by atoms with Gasteiger partial charge in [0.2, 0.25) is 5.91 Å². The third kappa shape index (κ3) is 5.01. The Labute approximate surface area is 119 Å². The first-order chi connectivity index (χ1) is 9.43. The fraction of sp³-hybridized carbons (Fsp3) is 0.467. The summed E-state index contributed by atoms with van der Waals surface area (Å²) >= 11 is 0. The highest BCUT2D eigenvalue weighted by Gasteiger charge is 2.20. The predicted molar refractivity (Wildman–Crippen MR) is 78.4 cm³/mol. The maximum absolute atomic E-state index is 12.0. The molecule has 110 valence electrons. The molecule has 0 heterocycles. The van der Waals surface area contributed by atoms with Crippen LogP contribution in [0, 0.1) is 11.8 Å². The zero-order chi connectivity index (χ0) is 15.1. The summed E-state index contributed by atoms with van der Waals surface area (Å²) in [5, 5.41) is 11.5. The average molecular weight is 278 g/mol. The van der Waals surface area contributed by atoms with E-state index in [1.165, 1.54) is 0 Å². The Bertz CT molecular complexity index is 455. The van der Waals surface area contributed by atoms with Gasteiger partial charge in [-0.25, -0.2) is 0 Å². The molecule has 0 aliphatic heterocycles. The molecule has 5 nitrogen and oxygen atoms in total. The molecule has 0 aromatic heterocycles. The highest BCUT2D eigenvalue weighted by atomic mass is 16.4. The van der Waals surface area contributed by atoms with Crippen LogP contribution in [-0.4, -0.2) is 23.5 Å². The van der Waals surface area contributed by atoms with E-state index in [0.29, 0.717) is 18.7 Å². The fourth-order valence-electron chi connectivity index (χ4n) is 1.92. The van der Waals surface area contributed by atoms with Gasteiger partial charge in [-0.15, -0.1) is 0 Å². The number of carboxylic acids is 1. The summed E-state index contributed by atoms with van der Waals surface area (Å²) in [5.74, 6) is -0.914. The summed E-state index contributed by atoms with van der Waals surface area (Å²) in [6, 6.07) is 7.21. The second-order valence-corrected chi connectivity index (χ2v) is 5.17. The number of anilines is 1. The summed E-state index contributed by atoms with van der Waals surface area (Å²) in [6.45, 7) is 4.25. The fourth-order valence-corrected chi connectivity index (χ4v) is 1.92. The number of carbonyl (C=O) groups excluding carboxylic acids is 1. The van der Waals surface area contributed by atoms with Crippen molar-refractivity contribution < 1.29 is 14.7 Å². The molecule has 1 aromatic carbocycles. The van der Waals surface area contributed by atoms with Crippen molar-refractivity contribution in [1.82, 2.24) is 0 Å². The van der Waals surface area contributed by atoms with Gasteiger partial charge in [0.25, 0.3) is 0 Å². The minimum absolute atomic E-state index is 0.0826. The van der Waals surface area contributed by atoms with Gasteiger partial charge in [0.15, 0.2) is 0 Å². The van der Waals surface area contributed by atoms with Gasteiger partial charge in [-0.05, 0) is 30.0 Å². The van der Waals surface area contributed by atoms with E-state index in [1.54, 1.807) is 12.1 Å². The minimum Gasteiger partial charge on any atom is -0.481 e. The standard InChI is InChI=1S/C15H22N2O3/c1-10(2)13(9-16)15(20)17-12-6-3-11(4-7-12)5-8-14(18)19/h3-4,6-7,10,13H,5,8-9,16H2,1-2H3,(H,17,20)(H,18,19). The average Bonchev–Trinajstić information content (AvgIpc) is 2.38. The summed E-state index contributed by atoms with van der Waals surface area (Å²) in [6.07, 6.45) is 0.593. The molecule has 1 amide bonds. The van der Waals surface area contributed by atoms with Crippen molar-refractivity contribution in [3.63, 3.8) is 0 Å². The van der Waals surface area contributed by atoms with Crippen molar-refractivity contribution in [3.05, 3.63) is 29.8 Å². The molecule has 0 spiro atoms. The SMILES string of the molecule is CC(C)C(CN)C(=O)Nc1ccc(CCC(=O)O)cc1. The maximum atomic E-state index is 12.0. The Morgan fingerprint density at radius 1 is 1.25 bits per heavy atom. The molecule has 0 aliphatic carbocycles. The van der Waals surface area contributed by atoms with Crippen LogP contribution in [0.2, 0.25) is 0 Å². The van der Waals surface area contributed by atoms with Crippen molar-refractivity contribution in [1.29, 1.82) is 0 Å². The van der Waals surface area contributed by atoms with Crippen molar-refractivity contribution >= 4 is 17.6 Å². The van der Waals surface area contributed by atoms with E-state index in [4.69, 9.17) is 10.8 Å². The van der Waals surface area contributed by atoms with Crippen molar-refractivity contribution in [2.75, 3.05) is 11.9 Å². The number of rotatable bonds is 7. The Morgan fingerprint density at radius 3 is 2.30 bits per heavy atom. The summed E-state index contributed by atoms with van der Waals surface area (Å²) in [5.41, 5.74) is 7.24. The lowest BCUT2D eigenvalue weighted by atomic mass is 9.95. The molecular weight excluding hydrogens is 256 g/mol.